The molecule has 2 aromatic heterocycles. The van der Waals surface area contributed by atoms with Gasteiger partial charge in [-0.3, -0.25) is 14.4 Å². The maximum atomic E-state index is 14.8. The highest BCUT2D eigenvalue weighted by atomic mass is 35.5. The van der Waals surface area contributed by atoms with Crippen LogP contribution in [0.15, 0.2) is 71.8 Å². The van der Waals surface area contributed by atoms with Crippen molar-refractivity contribution in [2.24, 2.45) is 5.92 Å². The number of aryl methyl sites for hydroxylation is 1. The van der Waals surface area contributed by atoms with Crippen LogP contribution in [-0.2, 0) is 4.79 Å². The zero-order valence-corrected chi connectivity index (χ0v) is 20.8. The van der Waals surface area contributed by atoms with Crippen molar-refractivity contribution < 1.29 is 18.7 Å². The van der Waals surface area contributed by atoms with Crippen LogP contribution >= 0.6 is 11.6 Å². The number of aromatic nitrogens is 3. The van der Waals surface area contributed by atoms with E-state index in [1.54, 1.807) is 31.2 Å². The van der Waals surface area contributed by atoms with E-state index < -0.39 is 17.2 Å². The Morgan fingerprint density at radius 1 is 1.08 bits per heavy atom. The van der Waals surface area contributed by atoms with Crippen molar-refractivity contribution in [3.8, 4) is 17.2 Å². The van der Waals surface area contributed by atoms with E-state index in [1.807, 2.05) is 0 Å². The number of pyridine rings is 1. The Hall–Kier alpha value is -4.57. The van der Waals surface area contributed by atoms with Crippen molar-refractivity contribution in [1.29, 1.82) is 0 Å². The van der Waals surface area contributed by atoms with Gasteiger partial charge >= 0.3 is 0 Å². The van der Waals surface area contributed by atoms with Crippen LogP contribution in [-0.4, -0.2) is 26.6 Å². The second kappa shape index (κ2) is 10.4. The quantitative estimate of drug-likeness (QED) is 0.340. The average molecular weight is 534 g/mol. The van der Waals surface area contributed by atoms with Crippen molar-refractivity contribution in [3.63, 3.8) is 0 Å². The van der Waals surface area contributed by atoms with E-state index in [1.165, 1.54) is 41.3 Å². The summed E-state index contributed by atoms with van der Waals surface area (Å²) in [4.78, 5) is 41.5. The van der Waals surface area contributed by atoms with Crippen molar-refractivity contribution in [2.75, 3.05) is 10.6 Å². The van der Waals surface area contributed by atoms with E-state index in [0.29, 0.717) is 22.1 Å². The summed E-state index contributed by atoms with van der Waals surface area (Å²) in [5.74, 6) is -1.17. The summed E-state index contributed by atoms with van der Waals surface area (Å²) < 4.78 is 21.8. The Morgan fingerprint density at radius 3 is 2.55 bits per heavy atom. The first-order valence-corrected chi connectivity index (χ1v) is 12.1. The van der Waals surface area contributed by atoms with Gasteiger partial charge in [0.15, 0.2) is 17.3 Å². The largest absolute Gasteiger partial charge is 0.454 e. The summed E-state index contributed by atoms with van der Waals surface area (Å²) in [6.07, 6.45) is 4.66. The molecule has 1 fully saturated rings. The fraction of sp³-hybridized carbons (Fsp3) is 0.148. The van der Waals surface area contributed by atoms with Crippen LogP contribution in [0.25, 0.3) is 5.69 Å². The minimum Gasteiger partial charge on any atom is -0.454 e. The molecule has 192 valence electrons. The summed E-state index contributed by atoms with van der Waals surface area (Å²) in [6.45, 7) is 1.57. The maximum absolute atomic E-state index is 14.8. The van der Waals surface area contributed by atoms with Crippen LogP contribution in [0, 0.1) is 18.7 Å². The number of carbonyl (C=O) groups excluding carboxylic acids is 2. The van der Waals surface area contributed by atoms with Gasteiger partial charge in [-0.05, 0) is 62.2 Å². The molecule has 9 nitrogen and oxygen atoms in total. The Labute approximate surface area is 221 Å². The third-order valence-corrected chi connectivity index (χ3v) is 6.00. The van der Waals surface area contributed by atoms with Crippen LogP contribution in [0.3, 0.4) is 0 Å². The molecule has 0 saturated heterocycles. The fourth-order valence-corrected chi connectivity index (χ4v) is 3.71. The van der Waals surface area contributed by atoms with Gasteiger partial charge in [-0.1, -0.05) is 11.6 Å². The topological polar surface area (TPSA) is 115 Å². The summed E-state index contributed by atoms with van der Waals surface area (Å²) >= 11 is 5.93. The predicted molar refractivity (Wildman–Crippen MR) is 140 cm³/mol. The number of nitrogens with one attached hydrogen (secondary N) is 2. The highest BCUT2D eigenvalue weighted by Gasteiger charge is 2.29. The second-order valence-electron chi connectivity index (χ2n) is 8.75. The molecule has 0 bridgehead atoms. The Kier molecular flexibility index (Phi) is 6.89. The van der Waals surface area contributed by atoms with Crippen LogP contribution in [0.4, 0.5) is 15.9 Å². The Morgan fingerprint density at radius 2 is 1.84 bits per heavy atom. The first-order valence-electron chi connectivity index (χ1n) is 11.7. The lowest BCUT2D eigenvalue weighted by Crippen LogP contribution is -2.27. The third-order valence-electron chi connectivity index (χ3n) is 5.75. The molecular formula is C27H21ClFN5O4. The molecule has 11 heteroatoms. The van der Waals surface area contributed by atoms with Crippen molar-refractivity contribution >= 4 is 34.9 Å². The second-order valence-corrected chi connectivity index (χ2v) is 9.19. The van der Waals surface area contributed by atoms with Crippen molar-refractivity contribution in [3.05, 3.63) is 99.3 Å². The number of benzene rings is 2. The zero-order chi connectivity index (χ0) is 26.8. The lowest BCUT2D eigenvalue weighted by Gasteiger charge is -2.11. The van der Waals surface area contributed by atoms with Crippen LogP contribution in [0.2, 0.25) is 5.02 Å². The molecule has 2 N–H and O–H groups in total. The van der Waals surface area contributed by atoms with E-state index in [0.717, 1.165) is 18.9 Å². The molecule has 0 spiro atoms. The number of ether oxygens (including phenoxy) is 1. The first kappa shape index (κ1) is 25.1. The highest BCUT2D eigenvalue weighted by Crippen LogP contribution is 2.31. The predicted octanol–water partition coefficient (Wildman–Crippen LogP) is 5.12. The molecule has 1 aliphatic carbocycles. The monoisotopic (exact) mass is 533 g/mol. The van der Waals surface area contributed by atoms with Crippen molar-refractivity contribution in [2.45, 2.75) is 19.8 Å². The standard InChI is InChI=1S/C27H21ClFN5O4/c1-15-14-34(19-7-4-17(28)5-8-19)33-24(25(15)35)27(37)31-18-6-9-22(21(29)12-18)38-20-10-11-30-23(13-20)32-26(36)16-2-3-16/h4-14,16H,2-3H2,1H3,(H,31,37)(H,30,32,36). The van der Waals surface area contributed by atoms with Crippen LogP contribution in [0.5, 0.6) is 11.5 Å². The fourth-order valence-electron chi connectivity index (χ4n) is 3.58. The Balaban J connectivity index is 1.31. The SMILES string of the molecule is Cc1cn(-c2ccc(Cl)cc2)nc(C(=O)Nc2ccc(Oc3ccnc(NC(=O)C4CC4)c3)c(F)c2)c1=O. The summed E-state index contributed by atoms with van der Waals surface area (Å²) in [5, 5.41) is 9.90. The van der Waals surface area contributed by atoms with Crippen LogP contribution < -0.4 is 20.8 Å². The molecule has 5 rings (SSSR count). The Bertz CT molecular complexity index is 1600. The van der Waals surface area contributed by atoms with Gasteiger partial charge in [-0.25, -0.2) is 14.1 Å². The summed E-state index contributed by atoms with van der Waals surface area (Å²) in [5.41, 5.74) is 0.118. The average Bonchev–Trinajstić information content (AvgIpc) is 3.74. The van der Waals surface area contributed by atoms with Crippen molar-refractivity contribution in [1.82, 2.24) is 14.8 Å². The first-order chi connectivity index (χ1) is 18.3. The molecule has 1 saturated carbocycles. The van der Waals surface area contributed by atoms with Gasteiger partial charge in [0.25, 0.3) is 5.91 Å². The number of anilines is 2. The lowest BCUT2D eigenvalue weighted by molar-refractivity contribution is -0.117. The van der Waals surface area contributed by atoms with Gasteiger partial charge in [0, 0.05) is 46.7 Å². The molecule has 0 atom stereocenters. The molecule has 0 radical (unpaired) electrons. The minimum absolute atomic E-state index is 0.0110. The zero-order valence-electron chi connectivity index (χ0n) is 20.1. The number of amides is 2. The van der Waals surface area contributed by atoms with E-state index in [-0.39, 0.29) is 34.7 Å². The third kappa shape index (κ3) is 5.70. The summed E-state index contributed by atoms with van der Waals surface area (Å²) in [6, 6.07) is 13.6. The van der Waals surface area contributed by atoms with E-state index >= 15 is 0 Å². The van der Waals surface area contributed by atoms with E-state index in [4.69, 9.17) is 16.3 Å². The van der Waals surface area contributed by atoms with Gasteiger partial charge in [-0.15, -0.1) is 0 Å². The smallest absolute Gasteiger partial charge is 0.280 e. The number of halogens is 2. The van der Waals surface area contributed by atoms with Gasteiger partial charge in [0.1, 0.15) is 11.6 Å². The lowest BCUT2D eigenvalue weighted by atomic mass is 10.2. The maximum Gasteiger partial charge on any atom is 0.280 e. The minimum atomic E-state index is -0.792. The number of hydrogen-bond acceptors (Lipinski definition) is 6. The molecule has 4 aromatic rings. The van der Waals surface area contributed by atoms with Gasteiger partial charge in [-0.2, -0.15) is 5.10 Å². The summed E-state index contributed by atoms with van der Waals surface area (Å²) in [7, 11) is 0. The van der Waals surface area contributed by atoms with Crippen LogP contribution in [0.1, 0.15) is 28.9 Å². The van der Waals surface area contributed by atoms with E-state index in [2.05, 4.69) is 20.7 Å². The number of carbonyl (C=O) groups is 2. The van der Waals surface area contributed by atoms with E-state index in [9.17, 15) is 18.8 Å². The number of hydrogen-bond donors (Lipinski definition) is 2. The van der Waals surface area contributed by atoms with Gasteiger partial charge in [0.2, 0.25) is 11.3 Å². The molecule has 1 aliphatic rings. The normalized spacial score (nSPS) is 12.6. The molecule has 2 heterocycles. The highest BCUT2D eigenvalue weighted by molar-refractivity contribution is 6.30. The number of rotatable bonds is 7. The molecular weight excluding hydrogens is 513 g/mol. The number of nitrogens with zero attached hydrogens (tertiary/aromatic N) is 3. The molecule has 0 unspecified atom stereocenters. The van der Waals surface area contributed by atoms with Gasteiger partial charge in [0.05, 0.1) is 5.69 Å². The molecule has 2 aromatic carbocycles. The molecule has 2 amide bonds. The van der Waals surface area contributed by atoms with Gasteiger partial charge < -0.3 is 15.4 Å². The molecule has 38 heavy (non-hydrogen) atoms. The molecule has 0 aliphatic heterocycles.